The molecule has 1 atom stereocenters. The normalized spacial score (nSPS) is 11.6. The molecule has 0 spiro atoms. The minimum absolute atomic E-state index is 0.248. The third-order valence-corrected chi connectivity index (χ3v) is 4.07. The molecule has 0 aliphatic heterocycles. The number of halogens is 2. The third kappa shape index (κ3) is 4.65. The van der Waals surface area contributed by atoms with Crippen molar-refractivity contribution in [2.24, 2.45) is 0 Å². The second kappa shape index (κ2) is 8.23. The van der Waals surface area contributed by atoms with Crippen molar-refractivity contribution >= 4 is 40.8 Å². The van der Waals surface area contributed by atoms with Crippen LogP contribution in [0.2, 0.25) is 10.0 Å². The zero-order valence-corrected chi connectivity index (χ0v) is 15.4. The fraction of sp³-hybridized carbons (Fsp3) is 0.222. The molecular formula is C18H17Cl2NO4. The molecule has 0 aromatic heterocycles. The molecule has 5 nitrogen and oxygen atoms in total. The summed E-state index contributed by atoms with van der Waals surface area (Å²) in [5, 5.41) is 3.15. The van der Waals surface area contributed by atoms with Gasteiger partial charge in [-0.15, -0.1) is 0 Å². The predicted octanol–water partition coefficient (Wildman–Crippen LogP) is 4.49. The molecule has 0 bridgehead atoms. The number of nitrogens with one attached hydrogen (secondary N) is 1. The van der Waals surface area contributed by atoms with Gasteiger partial charge in [-0.05, 0) is 38.1 Å². The Morgan fingerprint density at radius 3 is 2.36 bits per heavy atom. The summed E-state index contributed by atoms with van der Waals surface area (Å²) in [5.74, 6) is -0.833. The number of hydrogen-bond donors (Lipinski definition) is 1. The topological polar surface area (TPSA) is 64.6 Å². The average molecular weight is 382 g/mol. The predicted molar refractivity (Wildman–Crippen MR) is 97.7 cm³/mol. The van der Waals surface area contributed by atoms with Crippen LogP contribution in [-0.4, -0.2) is 25.1 Å². The lowest BCUT2D eigenvalue weighted by Crippen LogP contribution is -2.30. The Morgan fingerprint density at radius 2 is 1.76 bits per heavy atom. The molecule has 0 aliphatic rings. The number of ether oxygens (including phenoxy) is 2. The lowest BCUT2D eigenvalue weighted by atomic mass is 10.1. The smallest absolute Gasteiger partial charge is 0.342 e. The van der Waals surface area contributed by atoms with E-state index < -0.39 is 18.0 Å². The van der Waals surface area contributed by atoms with Crippen LogP contribution in [0, 0.1) is 6.92 Å². The molecule has 1 N–H and O–H groups in total. The van der Waals surface area contributed by atoms with Gasteiger partial charge in [0.15, 0.2) is 6.10 Å². The SMILES string of the molecule is COc1ccc(C)cc1C(=O)O[C@@H](C)C(=O)Nc1c(Cl)cccc1Cl. The Hall–Kier alpha value is -2.24. The summed E-state index contributed by atoms with van der Waals surface area (Å²) < 4.78 is 10.4. The van der Waals surface area contributed by atoms with E-state index in [1.54, 1.807) is 30.3 Å². The maximum absolute atomic E-state index is 12.3. The van der Waals surface area contributed by atoms with Gasteiger partial charge in [0.05, 0.1) is 22.8 Å². The highest BCUT2D eigenvalue weighted by Gasteiger charge is 2.22. The van der Waals surface area contributed by atoms with E-state index in [1.165, 1.54) is 14.0 Å². The van der Waals surface area contributed by atoms with Gasteiger partial charge < -0.3 is 14.8 Å². The van der Waals surface area contributed by atoms with Gasteiger partial charge in [0.2, 0.25) is 0 Å². The number of hydrogen-bond acceptors (Lipinski definition) is 4. The Balaban J connectivity index is 2.11. The number of aryl methyl sites for hydroxylation is 1. The van der Waals surface area contributed by atoms with Gasteiger partial charge in [-0.2, -0.15) is 0 Å². The van der Waals surface area contributed by atoms with Crippen molar-refractivity contribution in [1.29, 1.82) is 0 Å². The number of rotatable bonds is 5. The Kier molecular flexibility index (Phi) is 6.28. The fourth-order valence-corrected chi connectivity index (χ4v) is 2.59. The van der Waals surface area contributed by atoms with Crippen LogP contribution in [0.3, 0.4) is 0 Å². The number of methoxy groups -OCH3 is 1. The number of esters is 1. The lowest BCUT2D eigenvalue weighted by molar-refractivity contribution is -0.123. The van der Waals surface area contributed by atoms with Crippen molar-refractivity contribution in [3.8, 4) is 5.75 Å². The summed E-state index contributed by atoms with van der Waals surface area (Å²) in [6.07, 6.45) is -1.05. The van der Waals surface area contributed by atoms with Crippen molar-refractivity contribution in [1.82, 2.24) is 0 Å². The van der Waals surface area contributed by atoms with E-state index in [2.05, 4.69) is 5.32 Å². The van der Waals surface area contributed by atoms with Gasteiger partial charge in [-0.25, -0.2) is 4.79 Å². The summed E-state index contributed by atoms with van der Waals surface area (Å²) in [6.45, 7) is 3.30. The number of benzene rings is 2. The van der Waals surface area contributed by atoms with Crippen molar-refractivity contribution in [3.63, 3.8) is 0 Å². The van der Waals surface area contributed by atoms with Crippen LogP contribution < -0.4 is 10.1 Å². The highest BCUT2D eigenvalue weighted by atomic mass is 35.5. The van der Waals surface area contributed by atoms with Crippen LogP contribution in [0.5, 0.6) is 5.75 Å². The number of anilines is 1. The maximum atomic E-state index is 12.3. The largest absolute Gasteiger partial charge is 0.496 e. The van der Waals surface area contributed by atoms with Crippen molar-refractivity contribution in [3.05, 3.63) is 57.6 Å². The molecule has 2 aromatic rings. The molecule has 0 heterocycles. The Morgan fingerprint density at radius 1 is 1.12 bits per heavy atom. The van der Waals surface area contributed by atoms with E-state index in [9.17, 15) is 9.59 Å². The van der Waals surface area contributed by atoms with Crippen LogP contribution in [-0.2, 0) is 9.53 Å². The van der Waals surface area contributed by atoms with E-state index >= 15 is 0 Å². The second-order valence-corrected chi connectivity index (χ2v) is 6.15. The molecule has 1 amide bonds. The van der Waals surface area contributed by atoms with E-state index in [0.717, 1.165) is 5.56 Å². The standard InChI is InChI=1S/C18H17Cl2NO4/c1-10-7-8-15(24-3)12(9-10)18(23)25-11(2)17(22)21-16-13(19)5-4-6-14(16)20/h4-9,11H,1-3H3,(H,21,22)/t11-/m0/s1. The molecule has 2 rings (SSSR count). The quantitative estimate of drug-likeness (QED) is 0.774. The lowest BCUT2D eigenvalue weighted by Gasteiger charge is -2.16. The molecule has 0 saturated heterocycles. The molecule has 2 aromatic carbocycles. The highest BCUT2D eigenvalue weighted by Crippen LogP contribution is 2.30. The molecule has 0 saturated carbocycles. The first-order valence-corrected chi connectivity index (χ1v) is 8.19. The van der Waals surface area contributed by atoms with E-state index in [1.807, 2.05) is 13.0 Å². The molecule has 25 heavy (non-hydrogen) atoms. The van der Waals surface area contributed by atoms with Crippen LogP contribution in [0.1, 0.15) is 22.8 Å². The molecule has 7 heteroatoms. The minimum atomic E-state index is -1.05. The fourth-order valence-electron chi connectivity index (χ4n) is 2.10. The van der Waals surface area contributed by atoms with Crippen molar-refractivity contribution in [2.75, 3.05) is 12.4 Å². The molecule has 0 aliphatic carbocycles. The Bertz CT molecular complexity index is 787. The van der Waals surface area contributed by atoms with Crippen molar-refractivity contribution in [2.45, 2.75) is 20.0 Å². The Labute approximate surface area is 155 Å². The summed E-state index contributed by atoms with van der Waals surface area (Å²) >= 11 is 12.0. The maximum Gasteiger partial charge on any atom is 0.342 e. The van der Waals surface area contributed by atoms with E-state index in [0.29, 0.717) is 15.8 Å². The first kappa shape index (κ1) is 19.1. The van der Waals surface area contributed by atoms with Gasteiger partial charge >= 0.3 is 5.97 Å². The molecule has 132 valence electrons. The molecular weight excluding hydrogens is 365 g/mol. The number of para-hydroxylation sites is 1. The van der Waals surface area contributed by atoms with Crippen LogP contribution >= 0.6 is 23.2 Å². The highest BCUT2D eigenvalue weighted by molar-refractivity contribution is 6.39. The van der Waals surface area contributed by atoms with Gasteiger partial charge in [0, 0.05) is 0 Å². The number of amides is 1. The molecule has 0 fully saturated rings. The summed E-state index contributed by atoms with van der Waals surface area (Å²) in [7, 11) is 1.46. The van der Waals surface area contributed by atoms with E-state index in [-0.39, 0.29) is 11.3 Å². The van der Waals surface area contributed by atoms with Gasteiger partial charge in [0.25, 0.3) is 5.91 Å². The van der Waals surface area contributed by atoms with E-state index in [4.69, 9.17) is 32.7 Å². The summed E-state index contributed by atoms with van der Waals surface area (Å²) in [4.78, 5) is 24.6. The van der Waals surface area contributed by atoms with Gasteiger partial charge in [-0.1, -0.05) is 40.9 Å². The molecule has 0 radical (unpaired) electrons. The van der Waals surface area contributed by atoms with Crippen molar-refractivity contribution < 1.29 is 19.1 Å². The van der Waals surface area contributed by atoms with Gasteiger partial charge in [-0.3, -0.25) is 4.79 Å². The molecule has 0 unspecified atom stereocenters. The average Bonchev–Trinajstić information content (AvgIpc) is 2.57. The first-order chi connectivity index (χ1) is 11.8. The number of carbonyl (C=O) groups is 2. The third-order valence-electron chi connectivity index (χ3n) is 3.44. The monoisotopic (exact) mass is 381 g/mol. The second-order valence-electron chi connectivity index (χ2n) is 5.34. The van der Waals surface area contributed by atoms with Crippen LogP contribution in [0.25, 0.3) is 0 Å². The minimum Gasteiger partial charge on any atom is -0.496 e. The first-order valence-electron chi connectivity index (χ1n) is 7.44. The van der Waals surface area contributed by atoms with Crippen LogP contribution in [0.4, 0.5) is 5.69 Å². The van der Waals surface area contributed by atoms with Gasteiger partial charge in [0.1, 0.15) is 11.3 Å². The zero-order valence-electron chi connectivity index (χ0n) is 13.9. The summed E-state index contributed by atoms with van der Waals surface area (Å²) in [6, 6.07) is 9.96. The zero-order chi connectivity index (χ0) is 18.6. The van der Waals surface area contributed by atoms with Crippen LogP contribution in [0.15, 0.2) is 36.4 Å². The summed E-state index contributed by atoms with van der Waals surface area (Å²) in [5.41, 5.74) is 1.39. The number of carbonyl (C=O) groups excluding carboxylic acids is 2.